The summed E-state index contributed by atoms with van der Waals surface area (Å²) in [6.07, 6.45) is 4.23. The molecule has 1 fully saturated rings. The third kappa shape index (κ3) is 3.53. The summed E-state index contributed by atoms with van der Waals surface area (Å²) in [5, 5.41) is 10.5. The zero-order valence-corrected chi connectivity index (χ0v) is 11.5. The molecule has 1 aliphatic carbocycles. The summed E-state index contributed by atoms with van der Waals surface area (Å²) in [6.45, 7) is 6.73. The fraction of sp³-hybridized carbons (Fsp3) is 0.667. The van der Waals surface area contributed by atoms with Gasteiger partial charge in [0.2, 0.25) is 0 Å². The van der Waals surface area contributed by atoms with Gasteiger partial charge in [-0.3, -0.25) is 9.88 Å². The summed E-state index contributed by atoms with van der Waals surface area (Å²) >= 11 is 0. The lowest BCUT2D eigenvalue weighted by Gasteiger charge is -2.30. The number of aromatic nitrogens is 1. The third-order valence-corrected chi connectivity index (χ3v) is 3.83. The molecule has 0 bridgehead atoms. The van der Waals surface area contributed by atoms with Crippen molar-refractivity contribution in [3.63, 3.8) is 0 Å². The SMILES string of the molecule is CCN(Cc1cccc(C)n1)CC1(O)CCCC1. The molecule has 1 aliphatic rings. The number of likely N-dealkylation sites (N-methyl/N-ethyl adjacent to an activating group) is 1. The Kier molecular flexibility index (Phi) is 4.36. The Hall–Kier alpha value is -0.930. The smallest absolute Gasteiger partial charge is 0.0774 e. The molecule has 0 unspecified atom stereocenters. The van der Waals surface area contributed by atoms with Crippen LogP contribution in [0.3, 0.4) is 0 Å². The summed E-state index contributed by atoms with van der Waals surface area (Å²) < 4.78 is 0. The lowest BCUT2D eigenvalue weighted by Crippen LogP contribution is -2.40. The molecule has 0 spiro atoms. The van der Waals surface area contributed by atoms with Crippen LogP contribution in [0.15, 0.2) is 18.2 Å². The van der Waals surface area contributed by atoms with Crippen LogP contribution in [-0.2, 0) is 6.54 Å². The van der Waals surface area contributed by atoms with Crippen LogP contribution < -0.4 is 0 Å². The molecule has 100 valence electrons. The Morgan fingerprint density at radius 3 is 2.67 bits per heavy atom. The van der Waals surface area contributed by atoms with Crippen molar-refractivity contribution in [1.82, 2.24) is 9.88 Å². The zero-order valence-electron chi connectivity index (χ0n) is 11.5. The van der Waals surface area contributed by atoms with Crippen molar-refractivity contribution in [3.05, 3.63) is 29.6 Å². The van der Waals surface area contributed by atoms with Gasteiger partial charge in [-0.1, -0.05) is 25.8 Å². The first-order valence-electron chi connectivity index (χ1n) is 6.98. The second-order valence-electron chi connectivity index (χ2n) is 5.51. The van der Waals surface area contributed by atoms with E-state index >= 15 is 0 Å². The minimum Gasteiger partial charge on any atom is -0.389 e. The predicted molar refractivity (Wildman–Crippen MR) is 73.3 cm³/mol. The molecule has 3 nitrogen and oxygen atoms in total. The highest BCUT2D eigenvalue weighted by Crippen LogP contribution is 2.30. The predicted octanol–water partition coefficient (Wildman–Crippen LogP) is 2.52. The van der Waals surface area contributed by atoms with Crippen LogP contribution in [0.4, 0.5) is 0 Å². The summed E-state index contributed by atoms with van der Waals surface area (Å²) in [6, 6.07) is 6.13. The molecule has 0 radical (unpaired) electrons. The van der Waals surface area contributed by atoms with Gasteiger partial charge in [0, 0.05) is 18.8 Å². The maximum atomic E-state index is 10.5. The van der Waals surface area contributed by atoms with Crippen LogP contribution >= 0.6 is 0 Å². The topological polar surface area (TPSA) is 36.4 Å². The molecule has 2 rings (SSSR count). The lowest BCUT2D eigenvalue weighted by molar-refractivity contribution is 0.00819. The average Bonchev–Trinajstić information content (AvgIpc) is 2.75. The van der Waals surface area contributed by atoms with Gasteiger partial charge in [-0.25, -0.2) is 0 Å². The van der Waals surface area contributed by atoms with E-state index in [4.69, 9.17) is 0 Å². The Bertz CT molecular complexity index is 386. The van der Waals surface area contributed by atoms with E-state index in [1.54, 1.807) is 0 Å². The Morgan fingerprint density at radius 1 is 1.33 bits per heavy atom. The van der Waals surface area contributed by atoms with Crippen molar-refractivity contribution in [2.24, 2.45) is 0 Å². The minimum atomic E-state index is -0.458. The van der Waals surface area contributed by atoms with Crippen molar-refractivity contribution >= 4 is 0 Å². The molecule has 3 heteroatoms. The fourth-order valence-corrected chi connectivity index (χ4v) is 2.80. The normalized spacial score (nSPS) is 18.4. The van der Waals surface area contributed by atoms with E-state index in [1.165, 1.54) is 0 Å². The van der Waals surface area contributed by atoms with E-state index < -0.39 is 5.60 Å². The molecular formula is C15H24N2O. The summed E-state index contributed by atoms with van der Waals surface area (Å²) in [4.78, 5) is 6.83. The van der Waals surface area contributed by atoms with E-state index in [9.17, 15) is 5.11 Å². The molecule has 1 aromatic rings. The van der Waals surface area contributed by atoms with Crippen molar-refractivity contribution in [3.8, 4) is 0 Å². The van der Waals surface area contributed by atoms with Crippen LogP contribution in [0.25, 0.3) is 0 Å². The average molecular weight is 248 g/mol. The molecule has 0 aliphatic heterocycles. The molecule has 1 saturated carbocycles. The highest BCUT2D eigenvalue weighted by molar-refractivity contribution is 5.10. The number of hydrogen-bond acceptors (Lipinski definition) is 3. The van der Waals surface area contributed by atoms with Crippen molar-refractivity contribution in [2.45, 2.75) is 51.7 Å². The van der Waals surface area contributed by atoms with Crippen LogP contribution in [0.1, 0.15) is 44.0 Å². The number of rotatable bonds is 5. The number of aliphatic hydroxyl groups is 1. The van der Waals surface area contributed by atoms with Crippen molar-refractivity contribution < 1.29 is 5.11 Å². The summed E-state index contributed by atoms with van der Waals surface area (Å²) in [5.74, 6) is 0. The van der Waals surface area contributed by atoms with Gasteiger partial charge >= 0.3 is 0 Å². The summed E-state index contributed by atoms with van der Waals surface area (Å²) in [5.41, 5.74) is 1.70. The second-order valence-corrected chi connectivity index (χ2v) is 5.51. The molecule has 1 heterocycles. The van der Waals surface area contributed by atoms with Crippen molar-refractivity contribution in [1.29, 1.82) is 0 Å². The van der Waals surface area contributed by atoms with E-state index in [2.05, 4.69) is 28.9 Å². The highest BCUT2D eigenvalue weighted by Gasteiger charge is 2.32. The van der Waals surface area contributed by atoms with Crippen LogP contribution in [0, 0.1) is 6.92 Å². The largest absolute Gasteiger partial charge is 0.389 e. The Labute approximate surface area is 110 Å². The van der Waals surface area contributed by atoms with E-state index in [0.717, 1.165) is 56.7 Å². The highest BCUT2D eigenvalue weighted by atomic mass is 16.3. The quantitative estimate of drug-likeness (QED) is 0.870. The van der Waals surface area contributed by atoms with E-state index in [1.807, 2.05) is 13.0 Å². The van der Waals surface area contributed by atoms with Gasteiger partial charge in [0.15, 0.2) is 0 Å². The van der Waals surface area contributed by atoms with Gasteiger partial charge in [0.25, 0.3) is 0 Å². The second kappa shape index (κ2) is 5.81. The van der Waals surface area contributed by atoms with Crippen LogP contribution in [-0.4, -0.2) is 33.7 Å². The molecule has 1 N–H and O–H groups in total. The Balaban J connectivity index is 1.97. The molecule has 0 amide bonds. The van der Waals surface area contributed by atoms with Gasteiger partial charge in [0.05, 0.1) is 11.3 Å². The summed E-state index contributed by atoms with van der Waals surface area (Å²) in [7, 11) is 0. The van der Waals surface area contributed by atoms with Gasteiger partial charge in [-0.05, 0) is 38.4 Å². The van der Waals surface area contributed by atoms with Crippen LogP contribution in [0.2, 0.25) is 0 Å². The zero-order chi connectivity index (χ0) is 13.0. The molecule has 1 aromatic heterocycles. The van der Waals surface area contributed by atoms with E-state index in [-0.39, 0.29) is 0 Å². The maximum absolute atomic E-state index is 10.5. The molecular weight excluding hydrogens is 224 g/mol. The first-order valence-corrected chi connectivity index (χ1v) is 6.98. The molecule has 0 aromatic carbocycles. The number of pyridine rings is 1. The minimum absolute atomic E-state index is 0.458. The number of aryl methyl sites for hydroxylation is 1. The van der Waals surface area contributed by atoms with Gasteiger partial charge in [0.1, 0.15) is 0 Å². The van der Waals surface area contributed by atoms with Crippen LogP contribution in [0.5, 0.6) is 0 Å². The number of hydrogen-bond donors (Lipinski definition) is 1. The molecule has 0 atom stereocenters. The van der Waals surface area contributed by atoms with Crippen molar-refractivity contribution in [2.75, 3.05) is 13.1 Å². The maximum Gasteiger partial charge on any atom is 0.0774 e. The lowest BCUT2D eigenvalue weighted by atomic mass is 10.0. The van der Waals surface area contributed by atoms with E-state index in [0.29, 0.717) is 0 Å². The van der Waals surface area contributed by atoms with Gasteiger partial charge in [-0.2, -0.15) is 0 Å². The molecule has 0 saturated heterocycles. The third-order valence-electron chi connectivity index (χ3n) is 3.83. The first kappa shape index (κ1) is 13.5. The number of nitrogens with zero attached hydrogens (tertiary/aromatic N) is 2. The Morgan fingerprint density at radius 2 is 2.06 bits per heavy atom. The fourth-order valence-electron chi connectivity index (χ4n) is 2.80. The van der Waals surface area contributed by atoms with Gasteiger partial charge in [-0.15, -0.1) is 0 Å². The molecule has 18 heavy (non-hydrogen) atoms. The first-order chi connectivity index (χ1) is 8.61. The van der Waals surface area contributed by atoms with Gasteiger partial charge < -0.3 is 5.11 Å². The monoisotopic (exact) mass is 248 g/mol. The standard InChI is InChI=1S/C15H24N2O/c1-3-17(12-15(18)9-4-5-10-15)11-14-8-6-7-13(2)16-14/h6-8,18H,3-5,9-12H2,1-2H3.